The second-order valence-corrected chi connectivity index (χ2v) is 8.13. The van der Waals surface area contributed by atoms with Crippen molar-refractivity contribution in [1.82, 2.24) is 9.47 Å². The quantitative estimate of drug-likeness (QED) is 0.469. The highest BCUT2D eigenvalue weighted by Crippen LogP contribution is 2.32. The van der Waals surface area contributed by atoms with Crippen molar-refractivity contribution in [2.45, 2.75) is 39.8 Å². The number of nitrogens with zero attached hydrogens (tertiary/aromatic N) is 3. The van der Waals surface area contributed by atoms with Crippen LogP contribution in [0.2, 0.25) is 5.02 Å². The number of hydrogen-bond donors (Lipinski definition) is 0. The van der Waals surface area contributed by atoms with E-state index in [0.717, 1.165) is 31.1 Å². The first kappa shape index (κ1) is 20.1. The molecule has 3 nitrogen and oxygen atoms in total. The Morgan fingerprint density at radius 1 is 1.23 bits per heavy atom. The van der Waals surface area contributed by atoms with Crippen LogP contribution in [0.5, 0.6) is 0 Å². The van der Waals surface area contributed by atoms with Gasteiger partial charge in [0.25, 0.3) is 5.82 Å². The summed E-state index contributed by atoms with van der Waals surface area (Å²) >= 11 is 8.25. The third-order valence-corrected chi connectivity index (χ3v) is 6.51. The summed E-state index contributed by atoms with van der Waals surface area (Å²) in [5.41, 5.74) is 3.98. The van der Waals surface area contributed by atoms with Gasteiger partial charge in [0.05, 0.1) is 18.1 Å². The zero-order valence-electron chi connectivity index (χ0n) is 15.3. The van der Waals surface area contributed by atoms with Crippen molar-refractivity contribution < 1.29 is 28.5 Å². The van der Waals surface area contributed by atoms with Gasteiger partial charge in [0.1, 0.15) is 0 Å². The molecule has 0 radical (unpaired) electrons. The second kappa shape index (κ2) is 8.57. The molecule has 0 aliphatic carbocycles. The summed E-state index contributed by atoms with van der Waals surface area (Å²) in [6, 6.07) is 6.28. The molecule has 140 valence electrons. The molecule has 2 aromatic rings. The van der Waals surface area contributed by atoms with Crippen LogP contribution in [0.4, 0.5) is 0 Å². The lowest BCUT2D eigenvalue weighted by molar-refractivity contribution is -0.671. The van der Waals surface area contributed by atoms with Gasteiger partial charge < -0.3 is 28.9 Å². The summed E-state index contributed by atoms with van der Waals surface area (Å²) in [4.78, 5) is 2.47. The van der Waals surface area contributed by atoms with E-state index in [0.29, 0.717) is 0 Å². The van der Waals surface area contributed by atoms with E-state index >= 15 is 0 Å². The first-order valence-corrected chi connectivity index (χ1v) is 10.6. The van der Waals surface area contributed by atoms with Crippen molar-refractivity contribution in [3.63, 3.8) is 0 Å². The molecule has 6 heteroatoms. The van der Waals surface area contributed by atoms with Crippen molar-refractivity contribution in [3.8, 4) is 0 Å². The van der Waals surface area contributed by atoms with Gasteiger partial charge in [0.15, 0.2) is 11.0 Å². The van der Waals surface area contributed by atoms with Crippen molar-refractivity contribution in [2.75, 3.05) is 18.8 Å². The summed E-state index contributed by atoms with van der Waals surface area (Å²) in [5.74, 6) is 2.56. The normalized spacial score (nSPS) is 20.0. The molecule has 0 unspecified atom stereocenters. The Balaban J connectivity index is 0.00000196. The van der Waals surface area contributed by atoms with E-state index in [1.165, 1.54) is 46.2 Å². The van der Waals surface area contributed by atoms with Crippen LogP contribution in [-0.2, 0) is 13.1 Å². The van der Waals surface area contributed by atoms with Crippen LogP contribution in [0.25, 0.3) is 16.6 Å². The monoisotopic (exact) mass is 501 g/mol. The Labute approximate surface area is 182 Å². The Hall–Kier alpha value is -0.660. The lowest BCUT2D eigenvalue weighted by Gasteiger charge is -2.16. The Kier molecular flexibility index (Phi) is 6.62. The molecular formula is C20H25ClIN3S. The van der Waals surface area contributed by atoms with Gasteiger partial charge in [-0.3, -0.25) is 0 Å². The number of hydrogen-bond acceptors (Lipinski definition) is 2. The summed E-state index contributed by atoms with van der Waals surface area (Å²) in [5, 5.41) is 2.22. The van der Waals surface area contributed by atoms with Gasteiger partial charge in [0.2, 0.25) is 0 Å². The highest BCUT2D eigenvalue weighted by Gasteiger charge is 2.30. The molecule has 1 aromatic carbocycles. The van der Waals surface area contributed by atoms with Gasteiger partial charge in [-0.2, -0.15) is 0 Å². The Bertz CT molecular complexity index is 872. The predicted molar refractivity (Wildman–Crippen MR) is 108 cm³/mol. The summed E-state index contributed by atoms with van der Waals surface area (Å²) in [7, 11) is 0. The molecular weight excluding hydrogens is 477 g/mol. The highest BCUT2D eigenvalue weighted by atomic mass is 127. The fourth-order valence-corrected chi connectivity index (χ4v) is 5.26. The lowest BCUT2D eigenvalue weighted by Crippen LogP contribution is -3.00. The fourth-order valence-electron chi connectivity index (χ4n) is 4.01. The molecule has 1 saturated heterocycles. The molecule has 1 fully saturated rings. The summed E-state index contributed by atoms with van der Waals surface area (Å²) in [6.45, 7) is 8.77. The van der Waals surface area contributed by atoms with Gasteiger partial charge in [-0.05, 0) is 51.0 Å². The predicted octanol–water partition coefficient (Wildman–Crippen LogP) is 1.69. The number of rotatable bonds is 3. The topological polar surface area (TPSA) is 12.1 Å². The average molecular weight is 502 g/mol. The Morgan fingerprint density at radius 2 is 2.08 bits per heavy atom. The summed E-state index contributed by atoms with van der Waals surface area (Å²) < 4.78 is 4.90. The van der Waals surface area contributed by atoms with Crippen LogP contribution in [0.1, 0.15) is 32.5 Å². The van der Waals surface area contributed by atoms with Crippen LogP contribution in [0, 0.1) is 0 Å². The molecule has 0 atom stereocenters. The molecule has 0 saturated carbocycles. The minimum absolute atomic E-state index is 0. The second-order valence-electron chi connectivity index (χ2n) is 6.58. The van der Waals surface area contributed by atoms with Crippen LogP contribution in [-0.4, -0.2) is 28.3 Å². The van der Waals surface area contributed by atoms with E-state index < -0.39 is 0 Å². The smallest absolute Gasteiger partial charge is 0.285 e. The molecule has 1 aromatic heterocycles. The number of thioether (sulfide) groups is 1. The highest BCUT2D eigenvalue weighted by molar-refractivity contribution is 8.03. The molecule has 0 spiro atoms. The number of fused-ring (bicyclic) bond motifs is 3. The van der Waals surface area contributed by atoms with E-state index in [1.807, 2.05) is 17.8 Å². The van der Waals surface area contributed by atoms with E-state index in [4.69, 9.17) is 11.6 Å². The van der Waals surface area contributed by atoms with Gasteiger partial charge >= 0.3 is 0 Å². The lowest BCUT2D eigenvalue weighted by atomic mass is 10.1. The van der Waals surface area contributed by atoms with Crippen molar-refractivity contribution in [1.29, 1.82) is 0 Å². The van der Waals surface area contributed by atoms with Crippen LogP contribution < -0.4 is 28.5 Å². The molecule has 26 heavy (non-hydrogen) atoms. The minimum Gasteiger partial charge on any atom is -1.00 e. The van der Waals surface area contributed by atoms with Gasteiger partial charge in [0, 0.05) is 35.5 Å². The van der Waals surface area contributed by atoms with E-state index in [-0.39, 0.29) is 24.0 Å². The van der Waals surface area contributed by atoms with E-state index in [1.54, 1.807) is 0 Å². The van der Waals surface area contributed by atoms with Crippen LogP contribution in [0.3, 0.4) is 0 Å². The number of imidazole rings is 1. The molecule has 0 amide bonds. The maximum Gasteiger partial charge on any atom is 0.285 e. The third kappa shape index (κ3) is 3.54. The first-order valence-electron chi connectivity index (χ1n) is 9.23. The van der Waals surface area contributed by atoms with E-state index in [2.05, 4.69) is 52.2 Å². The number of aromatic nitrogens is 2. The SMILES string of the molecule is CCN1CCSC1=CC=C1CCCn2c1[n+](CC)c1cc(Cl)ccc12.[I-]. The number of halogens is 2. The number of benzene rings is 1. The molecule has 0 bridgehead atoms. The summed E-state index contributed by atoms with van der Waals surface area (Å²) in [6.07, 6.45) is 7.03. The maximum atomic E-state index is 6.27. The molecule has 0 N–H and O–H groups in total. The van der Waals surface area contributed by atoms with Gasteiger partial charge in [-0.15, -0.1) is 11.8 Å². The standard InChI is InChI=1S/C20H25ClN3S.HI/c1-3-22-12-13-25-19(22)10-7-15-6-5-11-24-17-9-8-16(21)14-18(17)23(4-2)20(15)24;/h7-10,14H,3-6,11-13H2,1-2H3;1H/q+1;/p-1. The van der Waals surface area contributed by atoms with E-state index in [9.17, 15) is 0 Å². The number of allylic oxidation sites excluding steroid dienone is 3. The zero-order chi connectivity index (χ0) is 17.4. The van der Waals surface area contributed by atoms with Crippen molar-refractivity contribution >= 4 is 40.0 Å². The fraction of sp³-hybridized carbons (Fsp3) is 0.450. The number of aryl methyl sites for hydroxylation is 2. The zero-order valence-corrected chi connectivity index (χ0v) is 19.1. The first-order chi connectivity index (χ1) is 12.2. The maximum absolute atomic E-state index is 6.27. The van der Waals surface area contributed by atoms with Gasteiger partial charge in [-0.25, -0.2) is 9.13 Å². The Morgan fingerprint density at radius 3 is 2.85 bits per heavy atom. The molecule has 3 heterocycles. The molecule has 4 rings (SSSR count). The average Bonchev–Trinajstić information content (AvgIpc) is 3.21. The van der Waals surface area contributed by atoms with Crippen molar-refractivity contribution in [3.05, 3.63) is 46.2 Å². The minimum atomic E-state index is 0. The van der Waals surface area contributed by atoms with Crippen molar-refractivity contribution in [2.24, 2.45) is 0 Å². The van der Waals surface area contributed by atoms with Gasteiger partial charge in [-0.1, -0.05) is 11.6 Å². The molecule has 2 aliphatic rings. The van der Waals surface area contributed by atoms with Crippen LogP contribution >= 0.6 is 23.4 Å². The largest absolute Gasteiger partial charge is 1.00 e. The van der Waals surface area contributed by atoms with Crippen LogP contribution in [0.15, 0.2) is 35.4 Å². The third-order valence-electron chi connectivity index (χ3n) is 5.19. The molecule has 2 aliphatic heterocycles.